The van der Waals surface area contributed by atoms with Gasteiger partial charge < -0.3 is 4.52 Å². The number of hydrogen-bond acceptors (Lipinski definition) is 6. The Morgan fingerprint density at radius 1 is 1.23 bits per heavy atom. The van der Waals surface area contributed by atoms with Gasteiger partial charge in [-0.2, -0.15) is 0 Å². The first-order chi connectivity index (χ1) is 6.04. The van der Waals surface area contributed by atoms with Crippen molar-refractivity contribution in [3.8, 4) is 0 Å². The van der Waals surface area contributed by atoms with Crippen LogP contribution in [0.3, 0.4) is 0 Å². The lowest BCUT2D eigenvalue weighted by Crippen LogP contribution is -1.95. The highest BCUT2D eigenvalue weighted by molar-refractivity contribution is 7.48. The van der Waals surface area contributed by atoms with E-state index in [1.165, 1.54) is 0 Å². The SMILES string of the molecule is COOP(=O)(OC=C(Cl)Cl)OOC. The average Bonchev–Trinajstić information content (AvgIpc) is 2.02. The molecule has 0 saturated heterocycles. The predicted molar refractivity (Wildman–Crippen MR) is 44.7 cm³/mol. The quantitative estimate of drug-likeness (QED) is 0.313. The van der Waals surface area contributed by atoms with Gasteiger partial charge in [0.2, 0.25) is 0 Å². The van der Waals surface area contributed by atoms with Crippen molar-refractivity contribution in [1.29, 1.82) is 0 Å². The monoisotopic (exact) mass is 252 g/mol. The van der Waals surface area contributed by atoms with Crippen LogP contribution in [-0.2, 0) is 28.2 Å². The summed E-state index contributed by atoms with van der Waals surface area (Å²) in [6.07, 6.45) is 0.752. The minimum absolute atomic E-state index is 0.264. The van der Waals surface area contributed by atoms with Crippen LogP contribution in [0.4, 0.5) is 0 Å². The Hall–Kier alpha value is 0.190. The van der Waals surface area contributed by atoms with Gasteiger partial charge in [-0.05, 0) is 0 Å². The van der Waals surface area contributed by atoms with E-state index in [4.69, 9.17) is 23.2 Å². The summed E-state index contributed by atoms with van der Waals surface area (Å²) < 4.78 is 23.7. The van der Waals surface area contributed by atoms with Crippen LogP contribution in [0, 0.1) is 0 Å². The zero-order valence-corrected chi connectivity index (χ0v) is 9.14. The summed E-state index contributed by atoms with van der Waals surface area (Å²) >= 11 is 10.3. The molecule has 78 valence electrons. The maximum Gasteiger partial charge on any atom is 0.585 e. The van der Waals surface area contributed by atoms with Crippen LogP contribution in [0.2, 0.25) is 0 Å². The molecule has 0 rings (SSSR count). The molecular weight excluding hydrogens is 246 g/mol. The summed E-state index contributed by atoms with van der Waals surface area (Å²) in [6.45, 7) is 0. The van der Waals surface area contributed by atoms with E-state index < -0.39 is 7.82 Å². The first kappa shape index (κ1) is 13.2. The van der Waals surface area contributed by atoms with Crippen LogP contribution in [0.25, 0.3) is 0 Å². The van der Waals surface area contributed by atoms with Gasteiger partial charge in [0.25, 0.3) is 0 Å². The van der Waals surface area contributed by atoms with Gasteiger partial charge in [-0.3, -0.25) is 0 Å². The summed E-state index contributed by atoms with van der Waals surface area (Å²) in [7, 11) is -1.74. The van der Waals surface area contributed by atoms with Gasteiger partial charge in [0.15, 0.2) is 0 Å². The van der Waals surface area contributed by atoms with Gasteiger partial charge in [0.05, 0.1) is 14.2 Å². The summed E-state index contributed by atoms with van der Waals surface area (Å²) in [5.41, 5.74) is 0. The molecule has 13 heavy (non-hydrogen) atoms. The molecule has 0 N–H and O–H groups in total. The number of rotatable bonds is 6. The second-order valence-corrected chi connectivity index (χ2v) is 3.85. The molecule has 0 bridgehead atoms. The van der Waals surface area contributed by atoms with E-state index >= 15 is 0 Å². The average molecular weight is 253 g/mol. The molecule has 0 aromatic heterocycles. The zero-order valence-electron chi connectivity index (χ0n) is 6.73. The second kappa shape index (κ2) is 6.62. The van der Waals surface area contributed by atoms with Crippen molar-refractivity contribution in [1.82, 2.24) is 0 Å². The first-order valence-corrected chi connectivity index (χ1v) is 5.00. The topological polar surface area (TPSA) is 63.2 Å². The lowest BCUT2D eigenvalue weighted by molar-refractivity contribution is -0.256. The van der Waals surface area contributed by atoms with Gasteiger partial charge in [0, 0.05) is 0 Å². The van der Waals surface area contributed by atoms with E-state index in [1.807, 2.05) is 0 Å². The molecule has 0 saturated carbocycles. The lowest BCUT2D eigenvalue weighted by atomic mass is 11.2. The Labute approximate surface area is 84.7 Å². The summed E-state index contributed by atoms with van der Waals surface area (Å²) in [5.74, 6) is 0. The smallest absolute Gasteiger partial charge is 0.406 e. The van der Waals surface area contributed by atoms with Crippen molar-refractivity contribution in [3.05, 3.63) is 10.8 Å². The third kappa shape index (κ3) is 6.29. The molecular formula is C4H7Cl2O6P. The van der Waals surface area contributed by atoms with Crippen molar-refractivity contribution in [2.75, 3.05) is 14.2 Å². The minimum atomic E-state index is -3.96. The van der Waals surface area contributed by atoms with Gasteiger partial charge in [-0.1, -0.05) is 23.2 Å². The molecule has 0 aliphatic heterocycles. The Balaban J connectivity index is 4.24. The summed E-state index contributed by atoms with van der Waals surface area (Å²) in [4.78, 5) is 8.17. The van der Waals surface area contributed by atoms with E-state index in [2.05, 4.69) is 23.6 Å². The van der Waals surface area contributed by atoms with E-state index in [0.29, 0.717) is 0 Å². The Morgan fingerprint density at radius 2 is 1.69 bits per heavy atom. The van der Waals surface area contributed by atoms with Gasteiger partial charge in [0.1, 0.15) is 10.8 Å². The molecule has 6 nitrogen and oxygen atoms in total. The predicted octanol–water partition coefficient (Wildman–Crippen LogP) is 2.54. The van der Waals surface area contributed by atoms with Gasteiger partial charge in [-0.15, -0.1) is 9.35 Å². The van der Waals surface area contributed by atoms with Crippen LogP contribution in [0.1, 0.15) is 0 Å². The second-order valence-electron chi connectivity index (χ2n) is 1.44. The van der Waals surface area contributed by atoms with E-state index in [-0.39, 0.29) is 4.49 Å². The number of halogens is 2. The van der Waals surface area contributed by atoms with Gasteiger partial charge >= 0.3 is 7.82 Å². The van der Waals surface area contributed by atoms with Crippen molar-refractivity contribution >= 4 is 31.0 Å². The van der Waals surface area contributed by atoms with Crippen LogP contribution in [0.15, 0.2) is 10.8 Å². The molecule has 0 radical (unpaired) electrons. The van der Waals surface area contributed by atoms with E-state index in [9.17, 15) is 4.57 Å². The van der Waals surface area contributed by atoms with E-state index in [1.54, 1.807) is 0 Å². The number of hydrogen-bond donors (Lipinski definition) is 0. The highest BCUT2D eigenvalue weighted by atomic mass is 35.5. The fraction of sp³-hybridized carbons (Fsp3) is 0.500. The largest absolute Gasteiger partial charge is 0.585 e. The molecule has 0 atom stereocenters. The van der Waals surface area contributed by atoms with Crippen molar-refractivity contribution in [2.45, 2.75) is 0 Å². The third-order valence-corrected chi connectivity index (χ3v) is 1.81. The van der Waals surface area contributed by atoms with Crippen LogP contribution >= 0.6 is 31.0 Å². The molecule has 0 amide bonds. The first-order valence-electron chi connectivity index (χ1n) is 2.78. The van der Waals surface area contributed by atoms with E-state index in [0.717, 1.165) is 20.5 Å². The molecule has 0 aromatic rings. The third-order valence-electron chi connectivity index (χ3n) is 0.603. The highest BCUT2D eigenvalue weighted by Crippen LogP contribution is 2.50. The zero-order chi connectivity index (χ0) is 10.3. The Morgan fingerprint density at radius 3 is 2.00 bits per heavy atom. The van der Waals surface area contributed by atoms with Crippen LogP contribution in [0.5, 0.6) is 0 Å². The van der Waals surface area contributed by atoms with Crippen molar-refractivity contribution in [3.63, 3.8) is 0 Å². The fourth-order valence-electron chi connectivity index (χ4n) is 0.335. The maximum atomic E-state index is 11.2. The molecule has 0 fully saturated rings. The Kier molecular flexibility index (Phi) is 6.71. The molecule has 0 aromatic carbocycles. The summed E-state index contributed by atoms with van der Waals surface area (Å²) in [5, 5.41) is 0. The van der Waals surface area contributed by atoms with Crippen molar-refractivity contribution < 1.29 is 28.2 Å². The minimum Gasteiger partial charge on any atom is -0.406 e. The molecule has 0 heterocycles. The van der Waals surface area contributed by atoms with Gasteiger partial charge in [-0.25, -0.2) is 14.3 Å². The summed E-state index contributed by atoms with van der Waals surface area (Å²) in [6, 6.07) is 0. The normalized spacial score (nSPS) is 11.1. The molecule has 0 aliphatic carbocycles. The Bertz CT molecular complexity index is 205. The fourth-order valence-corrected chi connectivity index (χ4v) is 1.24. The lowest BCUT2D eigenvalue weighted by Gasteiger charge is -2.10. The number of phosphoric acid groups is 1. The molecule has 0 unspecified atom stereocenters. The highest BCUT2D eigenvalue weighted by Gasteiger charge is 2.30. The molecule has 0 spiro atoms. The van der Waals surface area contributed by atoms with Crippen molar-refractivity contribution in [2.24, 2.45) is 0 Å². The molecule has 9 heteroatoms. The van der Waals surface area contributed by atoms with Crippen LogP contribution in [-0.4, -0.2) is 14.2 Å². The molecule has 0 aliphatic rings. The maximum absolute atomic E-state index is 11.2. The van der Waals surface area contributed by atoms with Crippen LogP contribution < -0.4 is 0 Å². The standard InChI is InChI=1S/C4H7Cl2O6P/c1-8-11-13(7,12-9-2)10-3-4(5)6/h3H,1-2H3.